The molecular formula is C19H23N7O3S. The number of nitrogen functional groups attached to an aromatic ring is 1. The Kier molecular flexibility index (Phi) is 6.20. The van der Waals surface area contributed by atoms with E-state index in [2.05, 4.69) is 20.5 Å². The van der Waals surface area contributed by atoms with E-state index in [1.165, 1.54) is 9.25 Å². The zero-order valence-corrected chi connectivity index (χ0v) is 18.0. The number of hydrogen-bond acceptors (Lipinski definition) is 8. The zero-order valence-electron chi connectivity index (χ0n) is 17.2. The van der Waals surface area contributed by atoms with Gasteiger partial charge in [0.1, 0.15) is 11.4 Å². The molecule has 1 aromatic carbocycles. The van der Waals surface area contributed by atoms with Gasteiger partial charge in [0.05, 0.1) is 11.4 Å². The lowest BCUT2D eigenvalue weighted by molar-refractivity contribution is 0.102. The van der Waals surface area contributed by atoms with Gasteiger partial charge in [-0.1, -0.05) is 31.7 Å². The van der Waals surface area contributed by atoms with Crippen molar-refractivity contribution in [3.05, 3.63) is 55.7 Å². The molecular weight excluding hydrogens is 406 g/mol. The van der Waals surface area contributed by atoms with Crippen molar-refractivity contribution in [2.24, 2.45) is 5.92 Å². The number of nitrogens with one attached hydrogen (secondary N) is 1. The van der Waals surface area contributed by atoms with Crippen molar-refractivity contribution in [2.45, 2.75) is 39.4 Å². The van der Waals surface area contributed by atoms with Gasteiger partial charge >= 0.3 is 5.69 Å². The molecule has 2 aromatic heterocycles. The second kappa shape index (κ2) is 8.66. The Bertz CT molecular complexity index is 1210. The Morgan fingerprint density at radius 3 is 2.63 bits per heavy atom. The van der Waals surface area contributed by atoms with E-state index in [1.54, 1.807) is 0 Å². The number of hydrogen-bond donors (Lipinski definition) is 2. The first-order valence-corrected chi connectivity index (χ1v) is 10.3. The number of thioether (sulfide) groups is 1. The number of carbonyl (C=O) groups excluding carboxylic acids is 1. The number of benzene rings is 1. The predicted octanol–water partition coefficient (Wildman–Crippen LogP) is 1.34. The Morgan fingerprint density at radius 1 is 1.23 bits per heavy atom. The van der Waals surface area contributed by atoms with Crippen molar-refractivity contribution in [3.63, 3.8) is 0 Å². The summed E-state index contributed by atoms with van der Waals surface area (Å²) in [6, 6.07) is 5.79. The smallest absolute Gasteiger partial charge is 0.329 e. The number of aromatic amines is 1. The number of H-pyrrole nitrogens is 1. The molecule has 0 fully saturated rings. The van der Waals surface area contributed by atoms with Gasteiger partial charge in [-0.2, -0.15) is 4.68 Å². The number of Topliss-reactive ketones (excluding diaryl/α,β-unsaturated/α-hetero) is 1. The molecule has 0 radical (unpaired) electrons. The van der Waals surface area contributed by atoms with Gasteiger partial charge in [0.2, 0.25) is 5.16 Å². The molecule has 0 aliphatic rings. The molecule has 3 aromatic rings. The Hall–Kier alpha value is -3.21. The van der Waals surface area contributed by atoms with E-state index in [1.807, 2.05) is 45.9 Å². The third-order valence-corrected chi connectivity index (χ3v) is 5.49. The molecule has 30 heavy (non-hydrogen) atoms. The second-order valence-corrected chi connectivity index (χ2v) is 8.32. The second-order valence-electron chi connectivity index (χ2n) is 7.38. The summed E-state index contributed by atoms with van der Waals surface area (Å²) >= 11 is 1.08. The first-order chi connectivity index (χ1) is 14.2. The largest absolute Gasteiger partial charge is 0.384 e. The lowest BCUT2D eigenvalue weighted by Gasteiger charge is -2.13. The lowest BCUT2D eigenvalue weighted by Crippen LogP contribution is -2.37. The fraction of sp³-hybridized carbons (Fsp3) is 0.368. The number of tetrazole rings is 1. The highest BCUT2D eigenvalue weighted by Gasteiger charge is 2.21. The summed E-state index contributed by atoms with van der Waals surface area (Å²) in [4.78, 5) is 39.2. The Balaban J connectivity index is 1.86. The molecule has 0 aliphatic carbocycles. The lowest BCUT2D eigenvalue weighted by atomic mass is 10.1. The minimum absolute atomic E-state index is 0.107. The van der Waals surface area contributed by atoms with Crippen molar-refractivity contribution in [3.8, 4) is 5.69 Å². The maximum atomic E-state index is 12.8. The van der Waals surface area contributed by atoms with Gasteiger partial charge < -0.3 is 5.73 Å². The number of rotatable bonds is 7. The molecule has 0 amide bonds. The van der Waals surface area contributed by atoms with Crippen LogP contribution in [0.4, 0.5) is 5.82 Å². The monoisotopic (exact) mass is 429 g/mol. The van der Waals surface area contributed by atoms with Crippen molar-refractivity contribution >= 4 is 23.4 Å². The highest BCUT2D eigenvalue weighted by atomic mass is 32.2. The molecule has 158 valence electrons. The Labute approximate surface area is 176 Å². The van der Waals surface area contributed by atoms with Gasteiger partial charge in [-0.15, -0.1) is 5.10 Å². The quantitative estimate of drug-likeness (QED) is 0.423. The third kappa shape index (κ3) is 4.35. The summed E-state index contributed by atoms with van der Waals surface area (Å²) < 4.78 is 2.74. The fourth-order valence-electron chi connectivity index (χ4n) is 2.89. The van der Waals surface area contributed by atoms with E-state index in [0.29, 0.717) is 11.7 Å². The number of nitrogens with two attached hydrogens (primary N) is 1. The first kappa shape index (κ1) is 21.5. The Morgan fingerprint density at radius 2 is 1.97 bits per heavy atom. The van der Waals surface area contributed by atoms with Gasteiger partial charge in [0.15, 0.2) is 5.78 Å². The molecule has 3 N–H and O–H groups in total. The van der Waals surface area contributed by atoms with E-state index in [-0.39, 0.29) is 23.1 Å². The molecule has 0 bridgehead atoms. The normalized spacial score (nSPS) is 11.2. The molecule has 0 unspecified atom stereocenters. The topological polar surface area (TPSA) is 142 Å². The van der Waals surface area contributed by atoms with Crippen molar-refractivity contribution in [1.82, 2.24) is 29.8 Å². The molecule has 0 aliphatic heterocycles. The number of aryl methyl sites for hydroxylation is 2. The van der Waals surface area contributed by atoms with Crippen LogP contribution in [0.25, 0.3) is 5.69 Å². The summed E-state index contributed by atoms with van der Waals surface area (Å²) in [6.45, 7) is 8.09. The van der Waals surface area contributed by atoms with Crippen molar-refractivity contribution in [1.29, 1.82) is 0 Å². The number of nitrogens with zero attached hydrogens (tertiary/aromatic N) is 5. The van der Waals surface area contributed by atoms with Crippen LogP contribution >= 0.6 is 11.8 Å². The van der Waals surface area contributed by atoms with Crippen LogP contribution in [0, 0.1) is 19.8 Å². The summed E-state index contributed by atoms with van der Waals surface area (Å²) in [6.07, 6.45) is 0. The van der Waals surface area contributed by atoms with E-state index in [4.69, 9.17) is 5.73 Å². The van der Waals surface area contributed by atoms with Crippen LogP contribution in [-0.2, 0) is 6.54 Å². The molecule has 0 saturated carbocycles. The maximum Gasteiger partial charge on any atom is 0.329 e. The maximum absolute atomic E-state index is 12.8. The van der Waals surface area contributed by atoms with Gasteiger partial charge in [-0.05, 0) is 53.5 Å². The number of anilines is 1. The van der Waals surface area contributed by atoms with Gasteiger partial charge in [-0.3, -0.25) is 19.1 Å². The number of ketones is 1. The molecule has 10 nitrogen and oxygen atoms in total. The van der Waals surface area contributed by atoms with Crippen LogP contribution in [0.5, 0.6) is 0 Å². The molecule has 0 atom stereocenters. The van der Waals surface area contributed by atoms with Gasteiger partial charge in [0.25, 0.3) is 5.56 Å². The van der Waals surface area contributed by atoms with Crippen molar-refractivity contribution in [2.75, 3.05) is 11.5 Å². The third-order valence-electron chi connectivity index (χ3n) is 4.57. The van der Waals surface area contributed by atoms with Gasteiger partial charge in [-0.25, -0.2) is 4.79 Å². The first-order valence-electron chi connectivity index (χ1n) is 9.33. The van der Waals surface area contributed by atoms with Crippen LogP contribution in [-0.4, -0.2) is 41.3 Å². The molecule has 0 spiro atoms. The predicted molar refractivity (Wildman–Crippen MR) is 114 cm³/mol. The average molecular weight is 430 g/mol. The SMILES string of the molecule is Cc1ccc(-n2nnnc2SCC(=O)c2c(N)n(CC(C)C)c(=O)[nH]c2=O)cc1C. The van der Waals surface area contributed by atoms with Crippen molar-refractivity contribution < 1.29 is 4.79 Å². The van der Waals surface area contributed by atoms with E-state index in [0.717, 1.165) is 28.6 Å². The van der Waals surface area contributed by atoms with Crippen LogP contribution in [0.3, 0.4) is 0 Å². The summed E-state index contributed by atoms with van der Waals surface area (Å²) in [7, 11) is 0. The number of aromatic nitrogens is 6. The van der Waals surface area contributed by atoms with E-state index in [9.17, 15) is 14.4 Å². The van der Waals surface area contributed by atoms with E-state index < -0.39 is 17.0 Å². The fourth-order valence-corrected chi connectivity index (χ4v) is 3.66. The van der Waals surface area contributed by atoms with Crippen LogP contribution in [0.2, 0.25) is 0 Å². The number of carbonyl (C=O) groups is 1. The minimum atomic E-state index is -0.795. The van der Waals surface area contributed by atoms with Gasteiger partial charge in [0, 0.05) is 6.54 Å². The molecule has 11 heteroatoms. The van der Waals surface area contributed by atoms with Crippen LogP contribution in [0.1, 0.15) is 35.3 Å². The highest BCUT2D eigenvalue weighted by molar-refractivity contribution is 7.99. The highest BCUT2D eigenvalue weighted by Crippen LogP contribution is 2.21. The molecule has 2 heterocycles. The standard InChI is InChI=1S/C19H23N7O3S/c1-10(2)8-25-16(20)15(17(28)21-18(25)29)14(27)9-30-19-22-23-24-26(19)13-6-5-11(3)12(4)7-13/h5-7,10H,8-9,20H2,1-4H3,(H,21,28,29). The summed E-state index contributed by atoms with van der Waals surface area (Å²) in [5.41, 5.74) is 7.34. The minimum Gasteiger partial charge on any atom is -0.384 e. The van der Waals surface area contributed by atoms with E-state index >= 15 is 0 Å². The molecule has 0 saturated heterocycles. The van der Waals surface area contributed by atoms with Crippen LogP contribution < -0.4 is 17.0 Å². The van der Waals surface area contributed by atoms with Crippen LogP contribution in [0.15, 0.2) is 32.9 Å². The summed E-state index contributed by atoms with van der Waals surface area (Å²) in [5, 5.41) is 12.0. The zero-order chi connectivity index (χ0) is 22.0. The average Bonchev–Trinajstić information content (AvgIpc) is 3.14. The summed E-state index contributed by atoms with van der Waals surface area (Å²) in [5.74, 6) is -0.642. The molecule has 3 rings (SSSR count).